The summed E-state index contributed by atoms with van der Waals surface area (Å²) in [5.74, 6) is 0.340. The molecule has 0 spiro atoms. The summed E-state index contributed by atoms with van der Waals surface area (Å²) in [5.41, 5.74) is 2.71. The molecule has 0 aliphatic carbocycles. The van der Waals surface area contributed by atoms with Gasteiger partial charge in [-0.2, -0.15) is 0 Å². The average molecular weight is 278 g/mol. The third-order valence-corrected chi connectivity index (χ3v) is 3.09. The Morgan fingerprint density at radius 2 is 1.25 bits per heavy atom. The van der Waals surface area contributed by atoms with Gasteiger partial charge in [-0.25, -0.2) is 0 Å². The Hall–Kier alpha value is -1.84. The van der Waals surface area contributed by atoms with Crippen LogP contribution < -0.4 is 9.47 Å². The molecule has 0 amide bonds. The second-order valence-electron chi connectivity index (χ2n) is 4.58. The van der Waals surface area contributed by atoms with Crippen molar-refractivity contribution in [1.82, 2.24) is 0 Å². The molecule has 4 heteroatoms. The molecule has 1 aromatic rings. The number of carbonyl (C=O) groups is 2. The van der Waals surface area contributed by atoms with Crippen LogP contribution in [0.1, 0.15) is 51.3 Å². The molecule has 0 N–H and O–H groups in total. The Labute approximate surface area is 120 Å². The van der Waals surface area contributed by atoms with Crippen molar-refractivity contribution in [2.75, 3.05) is 0 Å². The van der Waals surface area contributed by atoms with Crippen LogP contribution in [0.2, 0.25) is 0 Å². The van der Waals surface area contributed by atoms with E-state index in [1.54, 1.807) is 0 Å². The van der Waals surface area contributed by atoms with Crippen LogP contribution in [0.3, 0.4) is 0 Å². The Kier molecular flexibility index (Phi) is 5.74. The zero-order chi connectivity index (χ0) is 15.3. The number of hydrogen-bond acceptors (Lipinski definition) is 4. The lowest BCUT2D eigenvalue weighted by atomic mass is 9.97. The lowest BCUT2D eigenvalue weighted by Crippen LogP contribution is -2.12. The number of esters is 2. The van der Waals surface area contributed by atoms with Crippen molar-refractivity contribution in [2.24, 2.45) is 0 Å². The summed E-state index contributed by atoms with van der Waals surface area (Å²) in [7, 11) is 0. The van der Waals surface area contributed by atoms with Gasteiger partial charge in [0.05, 0.1) is 0 Å². The van der Waals surface area contributed by atoms with Crippen molar-refractivity contribution < 1.29 is 19.1 Å². The minimum atomic E-state index is -0.368. The molecule has 4 nitrogen and oxygen atoms in total. The van der Waals surface area contributed by atoms with E-state index in [4.69, 9.17) is 9.47 Å². The molecule has 0 bridgehead atoms. The summed E-state index contributed by atoms with van der Waals surface area (Å²) in [6.07, 6.45) is 2.14. The molecule has 0 radical (unpaired) electrons. The van der Waals surface area contributed by atoms with Gasteiger partial charge in [0.1, 0.15) is 11.5 Å². The molecule has 0 saturated carbocycles. The van der Waals surface area contributed by atoms with Crippen molar-refractivity contribution in [1.29, 1.82) is 0 Å². The molecule has 1 aromatic carbocycles. The maximum atomic E-state index is 11.3. The van der Waals surface area contributed by atoms with Gasteiger partial charge in [0.2, 0.25) is 0 Å². The largest absolute Gasteiger partial charge is 0.426 e. The second kappa shape index (κ2) is 7.08. The van der Waals surface area contributed by atoms with E-state index in [1.165, 1.54) is 13.8 Å². The van der Waals surface area contributed by atoms with Gasteiger partial charge in [-0.05, 0) is 36.5 Å². The van der Waals surface area contributed by atoms with E-state index in [1.807, 2.05) is 26.8 Å². The zero-order valence-corrected chi connectivity index (χ0v) is 12.8. The molecule has 0 heterocycles. The minimum absolute atomic E-state index is 0.368. The first-order valence-corrected chi connectivity index (χ1v) is 6.98. The van der Waals surface area contributed by atoms with Crippen molar-refractivity contribution >= 4 is 11.9 Å². The molecule has 0 unspecified atom stereocenters. The predicted octanol–water partition coefficient (Wildman–Crippen LogP) is 3.22. The first-order chi connectivity index (χ1) is 9.44. The van der Waals surface area contributed by atoms with E-state index >= 15 is 0 Å². The van der Waals surface area contributed by atoms with Gasteiger partial charge in [-0.3, -0.25) is 9.59 Å². The van der Waals surface area contributed by atoms with Crippen molar-refractivity contribution in [3.8, 4) is 11.5 Å². The quantitative estimate of drug-likeness (QED) is 0.613. The maximum Gasteiger partial charge on any atom is 0.308 e. The average Bonchev–Trinajstić information content (AvgIpc) is 2.38. The zero-order valence-electron chi connectivity index (χ0n) is 12.8. The second-order valence-corrected chi connectivity index (χ2v) is 4.58. The Morgan fingerprint density at radius 1 is 0.850 bits per heavy atom. The molecule has 0 aliphatic heterocycles. The summed E-state index contributed by atoms with van der Waals surface area (Å²) in [6.45, 7) is 8.71. The van der Waals surface area contributed by atoms with E-state index in [0.29, 0.717) is 17.9 Å². The maximum absolute atomic E-state index is 11.3. The normalized spacial score (nSPS) is 10.2. The number of carbonyl (C=O) groups excluding carboxylic acids is 2. The number of ether oxygens (including phenoxy) is 2. The molecule has 0 aromatic heterocycles. The fourth-order valence-corrected chi connectivity index (χ4v) is 2.22. The van der Waals surface area contributed by atoms with Crippen LogP contribution >= 0.6 is 0 Å². The van der Waals surface area contributed by atoms with Crippen molar-refractivity contribution in [3.63, 3.8) is 0 Å². The SMILES string of the molecule is CCc1cc(CC)c(OC(C)=O)c(CC)c1OC(C)=O. The van der Waals surface area contributed by atoms with Crippen LogP contribution in [0.25, 0.3) is 0 Å². The van der Waals surface area contributed by atoms with Gasteiger partial charge >= 0.3 is 11.9 Å². The van der Waals surface area contributed by atoms with Crippen LogP contribution in [-0.4, -0.2) is 11.9 Å². The molecule has 110 valence electrons. The Balaban J connectivity index is 3.54. The molecule has 20 heavy (non-hydrogen) atoms. The van der Waals surface area contributed by atoms with Gasteiger partial charge in [-0.15, -0.1) is 0 Å². The third kappa shape index (κ3) is 3.59. The lowest BCUT2D eigenvalue weighted by Gasteiger charge is -2.19. The first-order valence-electron chi connectivity index (χ1n) is 6.98. The van der Waals surface area contributed by atoms with Crippen LogP contribution in [0, 0.1) is 0 Å². The van der Waals surface area contributed by atoms with Gasteiger partial charge in [0.25, 0.3) is 0 Å². The number of benzene rings is 1. The summed E-state index contributed by atoms with van der Waals surface area (Å²) in [5, 5.41) is 0. The third-order valence-electron chi connectivity index (χ3n) is 3.09. The van der Waals surface area contributed by atoms with E-state index in [0.717, 1.165) is 29.5 Å². The van der Waals surface area contributed by atoms with Gasteiger partial charge in [0, 0.05) is 19.4 Å². The van der Waals surface area contributed by atoms with Crippen LogP contribution in [0.15, 0.2) is 6.07 Å². The molecular weight excluding hydrogens is 256 g/mol. The minimum Gasteiger partial charge on any atom is -0.426 e. The van der Waals surface area contributed by atoms with E-state index in [2.05, 4.69) is 0 Å². The smallest absolute Gasteiger partial charge is 0.308 e. The molecule has 0 fully saturated rings. The Bertz CT molecular complexity index is 475. The number of hydrogen-bond donors (Lipinski definition) is 0. The van der Waals surface area contributed by atoms with E-state index in [-0.39, 0.29) is 11.9 Å². The summed E-state index contributed by atoms with van der Waals surface area (Å²) in [6, 6.07) is 1.95. The summed E-state index contributed by atoms with van der Waals surface area (Å²) in [4.78, 5) is 22.6. The van der Waals surface area contributed by atoms with Gasteiger partial charge in [0.15, 0.2) is 0 Å². The highest BCUT2D eigenvalue weighted by Gasteiger charge is 2.20. The van der Waals surface area contributed by atoms with Crippen molar-refractivity contribution in [2.45, 2.75) is 53.9 Å². The van der Waals surface area contributed by atoms with Crippen LogP contribution in [0.5, 0.6) is 11.5 Å². The highest BCUT2D eigenvalue weighted by molar-refractivity contribution is 5.74. The van der Waals surface area contributed by atoms with E-state index < -0.39 is 0 Å². The number of rotatable bonds is 5. The topological polar surface area (TPSA) is 52.6 Å². The van der Waals surface area contributed by atoms with Gasteiger partial charge in [-0.1, -0.05) is 20.8 Å². The fourth-order valence-electron chi connectivity index (χ4n) is 2.22. The molecule has 0 saturated heterocycles. The van der Waals surface area contributed by atoms with Crippen LogP contribution in [0.4, 0.5) is 0 Å². The predicted molar refractivity (Wildman–Crippen MR) is 77.2 cm³/mol. The molecule has 0 atom stereocenters. The fraction of sp³-hybridized carbons (Fsp3) is 0.500. The summed E-state index contributed by atoms with van der Waals surface area (Å²) >= 11 is 0. The summed E-state index contributed by atoms with van der Waals surface area (Å²) < 4.78 is 10.7. The standard InChI is InChI=1S/C16H22O4/c1-6-12-9-13(7-2)16(20-11(5)18)14(8-3)15(12)19-10(4)17/h9H,6-8H2,1-5H3. The van der Waals surface area contributed by atoms with Crippen molar-refractivity contribution in [3.05, 3.63) is 22.8 Å². The lowest BCUT2D eigenvalue weighted by molar-refractivity contribution is -0.132. The first kappa shape index (κ1) is 16.2. The monoisotopic (exact) mass is 278 g/mol. The Morgan fingerprint density at radius 3 is 1.50 bits per heavy atom. The molecule has 1 rings (SSSR count). The van der Waals surface area contributed by atoms with Gasteiger partial charge < -0.3 is 9.47 Å². The van der Waals surface area contributed by atoms with E-state index in [9.17, 15) is 9.59 Å². The highest BCUT2D eigenvalue weighted by Crippen LogP contribution is 2.37. The molecule has 0 aliphatic rings. The molecular formula is C16H22O4. The number of aryl methyl sites for hydroxylation is 2. The van der Waals surface area contributed by atoms with Crippen LogP contribution in [-0.2, 0) is 28.9 Å². The highest BCUT2D eigenvalue weighted by atomic mass is 16.5.